The Morgan fingerprint density at radius 1 is 1.11 bits per heavy atom. The van der Waals surface area contributed by atoms with Crippen LogP contribution >= 0.6 is 0 Å². The summed E-state index contributed by atoms with van der Waals surface area (Å²) in [5.41, 5.74) is 10.2. The molecule has 0 bridgehead atoms. The molecular formula is C42H43N7O8. The molecule has 0 spiro atoms. The molecule has 3 aliphatic rings. The van der Waals surface area contributed by atoms with Crippen molar-refractivity contribution < 1.29 is 33.8 Å². The molecule has 5 aromatic rings. The lowest BCUT2D eigenvalue weighted by Crippen LogP contribution is -2.50. The van der Waals surface area contributed by atoms with Gasteiger partial charge in [0.05, 0.1) is 58.2 Å². The first-order chi connectivity index (χ1) is 27.5. The molecule has 3 aromatic heterocycles. The van der Waals surface area contributed by atoms with Crippen LogP contribution in [0.4, 0.5) is 11.4 Å². The fourth-order valence-electron chi connectivity index (χ4n) is 8.23. The third-order valence-electron chi connectivity index (χ3n) is 11.2. The summed E-state index contributed by atoms with van der Waals surface area (Å²) in [5.74, 6) is -3.82. The highest BCUT2D eigenvalue weighted by atomic mass is 16.6. The van der Waals surface area contributed by atoms with Crippen molar-refractivity contribution in [3.8, 4) is 11.4 Å². The predicted molar refractivity (Wildman–Crippen MR) is 212 cm³/mol. The number of pyridine rings is 2. The topological polar surface area (TPSA) is 211 Å². The van der Waals surface area contributed by atoms with E-state index in [2.05, 4.69) is 22.1 Å². The van der Waals surface area contributed by atoms with Crippen LogP contribution in [0.25, 0.3) is 33.2 Å². The molecule has 294 valence electrons. The monoisotopic (exact) mass is 773 g/mol. The van der Waals surface area contributed by atoms with Gasteiger partial charge in [-0.15, -0.1) is 0 Å². The molecule has 6 heterocycles. The van der Waals surface area contributed by atoms with Crippen molar-refractivity contribution in [1.82, 2.24) is 19.9 Å². The quantitative estimate of drug-likeness (QED) is 0.0880. The number of aliphatic imine (C=N–C) groups is 1. The third kappa shape index (κ3) is 6.50. The summed E-state index contributed by atoms with van der Waals surface area (Å²) in [6.45, 7) is 4.45. The number of benzene rings is 2. The van der Waals surface area contributed by atoms with Crippen LogP contribution in [-0.4, -0.2) is 68.4 Å². The number of amides is 1. The van der Waals surface area contributed by atoms with Gasteiger partial charge in [-0.2, -0.15) is 0 Å². The van der Waals surface area contributed by atoms with Crippen LogP contribution in [0.5, 0.6) is 0 Å². The predicted octanol–water partition coefficient (Wildman–Crippen LogP) is 4.70. The summed E-state index contributed by atoms with van der Waals surface area (Å²) >= 11 is 0. The molecule has 2 aromatic carbocycles. The van der Waals surface area contributed by atoms with Crippen LogP contribution in [0.3, 0.4) is 0 Å². The van der Waals surface area contributed by atoms with Crippen molar-refractivity contribution in [2.45, 2.75) is 89.6 Å². The molecule has 15 nitrogen and oxygen atoms in total. The number of hydrogen-bond acceptors (Lipinski definition) is 11. The molecule has 3 atom stereocenters. The van der Waals surface area contributed by atoms with E-state index in [0.29, 0.717) is 16.9 Å². The number of H-pyrrole nitrogens is 1. The van der Waals surface area contributed by atoms with E-state index in [1.54, 1.807) is 23.8 Å². The largest absolute Gasteiger partial charge is 0.480 e. The van der Waals surface area contributed by atoms with Gasteiger partial charge in [-0.25, -0.2) is 19.6 Å². The van der Waals surface area contributed by atoms with Crippen LogP contribution in [0.1, 0.15) is 74.6 Å². The highest BCUT2D eigenvalue weighted by Crippen LogP contribution is 2.47. The average Bonchev–Trinajstić information content (AvgIpc) is 3.79. The maximum atomic E-state index is 14.3. The van der Waals surface area contributed by atoms with Crippen molar-refractivity contribution in [2.75, 3.05) is 11.4 Å². The zero-order valence-electron chi connectivity index (χ0n) is 31.7. The Hall–Kier alpha value is -6.35. The third-order valence-corrected chi connectivity index (χ3v) is 11.2. The summed E-state index contributed by atoms with van der Waals surface area (Å²) in [6, 6.07) is 12.4. The van der Waals surface area contributed by atoms with Gasteiger partial charge in [0, 0.05) is 41.2 Å². The van der Waals surface area contributed by atoms with Gasteiger partial charge >= 0.3 is 17.9 Å². The van der Waals surface area contributed by atoms with E-state index in [-0.39, 0.29) is 43.5 Å². The number of carboxylic acid groups (broad SMARTS) is 1. The van der Waals surface area contributed by atoms with E-state index in [1.807, 2.05) is 48.8 Å². The Labute approximate surface area is 326 Å². The lowest BCUT2D eigenvalue weighted by atomic mass is 9.85. The molecule has 8 rings (SSSR count). The molecule has 2 unspecified atom stereocenters. The summed E-state index contributed by atoms with van der Waals surface area (Å²) in [6.07, 6.45) is 5.91. The maximum Gasteiger partial charge on any atom is 0.355 e. The van der Waals surface area contributed by atoms with Gasteiger partial charge in [0.2, 0.25) is 11.5 Å². The van der Waals surface area contributed by atoms with Crippen molar-refractivity contribution >= 4 is 63.3 Å². The van der Waals surface area contributed by atoms with Gasteiger partial charge in [-0.1, -0.05) is 51.0 Å². The number of nitrogens with two attached hydrogens (primary N) is 1. The first-order valence-corrected chi connectivity index (χ1v) is 19.3. The van der Waals surface area contributed by atoms with Crippen LogP contribution in [0.2, 0.25) is 0 Å². The number of anilines is 1. The van der Waals surface area contributed by atoms with E-state index in [0.717, 1.165) is 64.6 Å². The van der Waals surface area contributed by atoms with Gasteiger partial charge < -0.3 is 40.1 Å². The van der Waals surface area contributed by atoms with Crippen molar-refractivity contribution in [1.29, 1.82) is 0 Å². The van der Waals surface area contributed by atoms with Gasteiger partial charge in [0.1, 0.15) is 12.6 Å². The number of rotatable bonds is 14. The fourth-order valence-corrected chi connectivity index (χ4v) is 8.23. The first-order valence-electron chi connectivity index (χ1n) is 19.3. The number of para-hydroxylation sites is 1. The molecule has 57 heavy (non-hydrogen) atoms. The van der Waals surface area contributed by atoms with E-state index >= 15 is 0 Å². The summed E-state index contributed by atoms with van der Waals surface area (Å²) < 4.78 is 13.1. The number of cyclic esters (lactones) is 1. The van der Waals surface area contributed by atoms with E-state index < -0.39 is 53.5 Å². The number of fused-ring (bicyclic) bond motifs is 6. The standard InChI is InChI=1S/C42H43N7O8/c1-3-5-8-16-48-22-45-30-12-9-13-31-35(30)37(48)25-20-49-33(36(25)46-31)18-27-26(39(49)52)21-56-41(55)42(27,4-2)57-34(50)15-14-32(40(53)54)47-38(51)28(43)17-23-19-44-29-11-7-6-10-24(23)29/h6-7,9-13,18-19,22,28,32,44H,3-5,8,14-17,20-21,43H2,1-2H3,(H,47,51)(H,53,54)/t28?,32?,42-/m0/s1. The molecule has 0 fully saturated rings. The second-order valence-electron chi connectivity index (χ2n) is 14.8. The van der Waals surface area contributed by atoms with Crippen molar-refractivity contribution in [2.24, 2.45) is 10.7 Å². The number of aromatic nitrogens is 3. The minimum atomic E-state index is -1.98. The number of carboxylic acids is 1. The number of hydrogen-bond donors (Lipinski definition) is 4. The van der Waals surface area contributed by atoms with Gasteiger partial charge in [0.15, 0.2) is 0 Å². The van der Waals surface area contributed by atoms with Crippen LogP contribution in [-0.2, 0) is 53.8 Å². The molecule has 1 amide bonds. The van der Waals surface area contributed by atoms with Gasteiger partial charge in [-0.05, 0) is 55.5 Å². The summed E-state index contributed by atoms with van der Waals surface area (Å²) in [7, 11) is 0. The number of aromatic amines is 1. The number of nitrogens with zero attached hydrogens (tertiary/aromatic N) is 4. The molecule has 15 heteroatoms. The Balaban J connectivity index is 1.05. The highest BCUT2D eigenvalue weighted by molar-refractivity contribution is 6.11. The number of carbonyl (C=O) groups is 4. The molecule has 3 aliphatic heterocycles. The Kier molecular flexibility index (Phi) is 9.86. The second-order valence-corrected chi connectivity index (χ2v) is 14.8. The maximum absolute atomic E-state index is 14.3. The summed E-state index contributed by atoms with van der Waals surface area (Å²) in [4.78, 5) is 81.8. The lowest BCUT2D eigenvalue weighted by Gasteiger charge is -2.35. The Morgan fingerprint density at radius 3 is 2.72 bits per heavy atom. The Morgan fingerprint density at radius 2 is 1.93 bits per heavy atom. The number of ether oxygens (including phenoxy) is 2. The van der Waals surface area contributed by atoms with Crippen LogP contribution in [0, 0.1) is 0 Å². The molecule has 0 saturated heterocycles. The van der Waals surface area contributed by atoms with Crippen LogP contribution in [0.15, 0.2) is 64.5 Å². The van der Waals surface area contributed by atoms with E-state index in [1.165, 1.54) is 0 Å². The van der Waals surface area contributed by atoms with Crippen molar-refractivity contribution in [3.63, 3.8) is 0 Å². The molecular weight excluding hydrogens is 731 g/mol. The zero-order chi connectivity index (χ0) is 40.0. The number of nitrogens with one attached hydrogen (secondary N) is 2. The average molecular weight is 774 g/mol. The normalized spacial score (nSPS) is 17.5. The summed E-state index contributed by atoms with van der Waals surface area (Å²) in [5, 5.41) is 14.2. The van der Waals surface area contributed by atoms with Crippen LogP contribution < -0.4 is 21.5 Å². The minimum Gasteiger partial charge on any atom is -0.480 e. The number of carbonyl (C=O) groups excluding carboxylic acids is 3. The van der Waals surface area contributed by atoms with E-state index in [9.17, 15) is 29.1 Å². The van der Waals surface area contributed by atoms with Crippen molar-refractivity contribution in [3.05, 3.63) is 87.3 Å². The second kappa shape index (κ2) is 15.0. The number of unbranched alkanes of at least 4 members (excludes halogenated alkanes) is 2. The number of esters is 2. The van der Waals surface area contributed by atoms with Gasteiger partial charge in [-0.3, -0.25) is 14.4 Å². The SMILES string of the molecule is CCCCCN1C=Nc2cccc3nc4c(c1c23)Cn1c-4cc2c(c1=O)COC(=O)[C@@]2(CC)OC(=O)CCC(NC(=O)C(N)Cc1c[nH]c2ccccc12)C(=O)O. The number of aliphatic carboxylic acids is 1. The van der Waals surface area contributed by atoms with E-state index in [4.69, 9.17) is 25.2 Å². The smallest absolute Gasteiger partial charge is 0.355 e. The zero-order valence-corrected chi connectivity index (χ0v) is 31.7. The molecule has 5 N–H and O–H groups in total. The minimum absolute atomic E-state index is 0.0659. The highest BCUT2D eigenvalue weighted by Gasteiger charge is 2.50. The lowest BCUT2D eigenvalue weighted by molar-refractivity contribution is -0.189. The molecule has 0 aliphatic carbocycles. The fraction of sp³-hybridized carbons (Fsp3) is 0.357. The molecule has 0 radical (unpaired) electrons. The Bertz CT molecular complexity index is 2560. The molecule has 0 saturated carbocycles. The first kappa shape index (κ1) is 37.6. The van der Waals surface area contributed by atoms with Gasteiger partial charge in [0.25, 0.3) is 5.56 Å².